The Morgan fingerprint density at radius 2 is 1.00 bits per heavy atom. The van der Waals surface area contributed by atoms with E-state index in [1.54, 1.807) is 0 Å². The Morgan fingerprint density at radius 1 is 0.619 bits per heavy atom. The van der Waals surface area contributed by atoms with Crippen molar-refractivity contribution in [3.63, 3.8) is 0 Å². The maximum absolute atomic E-state index is 5.69. The molecule has 0 aliphatic rings. The zero-order chi connectivity index (χ0) is 16.1. The average Bonchev–Trinajstić information content (AvgIpc) is 2.38. The smallest absolute Gasteiger partial charge is 0.0406 e. The van der Waals surface area contributed by atoms with Gasteiger partial charge in [-0.05, 0) is 73.1 Å². The third kappa shape index (κ3) is 14.0. The molecule has 0 amide bonds. The molecule has 1 heteroatoms. The molecule has 0 aliphatic heterocycles. The molecule has 0 aromatic heterocycles. The Bertz CT molecular complexity index is 390. The summed E-state index contributed by atoms with van der Waals surface area (Å²) in [5.41, 5.74) is 5.83. The van der Waals surface area contributed by atoms with Crippen molar-refractivity contribution in [2.75, 3.05) is 5.88 Å². The van der Waals surface area contributed by atoms with Crippen LogP contribution in [0.4, 0.5) is 0 Å². The van der Waals surface area contributed by atoms with Crippen LogP contribution in [-0.4, -0.2) is 5.88 Å². The lowest BCUT2D eigenvalue weighted by Crippen LogP contribution is -1.82. The second kappa shape index (κ2) is 13.0. The van der Waals surface area contributed by atoms with Crippen molar-refractivity contribution in [2.45, 2.75) is 73.1 Å². The molecule has 0 fully saturated rings. The Kier molecular flexibility index (Phi) is 12.5. The molecule has 120 valence electrons. The molecule has 0 nitrogen and oxygen atoms in total. The molecule has 0 spiro atoms. The van der Waals surface area contributed by atoms with Gasteiger partial charge in [0.25, 0.3) is 0 Å². The van der Waals surface area contributed by atoms with Crippen LogP contribution in [0.5, 0.6) is 0 Å². The highest BCUT2D eigenvalue weighted by Gasteiger charge is 1.93. The Hall–Kier alpha value is -0.750. The van der Waals surface area contributed by atoms with Crippen LogP contribution in [-0.2, 0) is 0 Å². The molecule has 0 heterocycles. The predicted molar refractivity (Wildman–Crippen MR) is 99.1 cm³/mol. The highest BCUT2D eigenvalue weighted by molar-refractivity contribution is 6.18. The van der Waals surface area contributed by atoms with Gasteiger partial charge in [0.15, 0.2) is 0 Å². The lowest BCUT2D eigenvalue weighted by atomic mass is 10.0. The van der Waals surface area contributed by atoms with Crippen molar-refractivity contribution in [3.8, 4) is 0 Å². The molecular formula is C20H33Cl. The monoisotopic (exact) mass is 308 g/mol. The number of halogens is 1. The lowest BCUT2D eigenvalue weighted by Gasteiger charge is -2.02. The average molecular weight is 309 g/mol. The minimum Gasteiger partial charge on any atom is -0.122 e. The summed E-state index contributed by atoms with van der Waals surface area (Å²) in [5, 5.41) is 0. The van der Waals surface area contributed by atoms with E-state index in [9.17, 15) is 0 Å². The highest BCUT2D eigenvalue weighted by atomic mass is 35.5. The van der Waals surface area contributed by atoms with Crippen LogP contribution in [0.2, 0.25) is 0 Å². The fourth-order valence-electron chi connectivity index (χ4n) is 2.12. The van der Waals surface area contributed by atoms with E-state index in [4.69, 9.17) is 11.6 Å². The second-order valence-corrected chi connectivity index (χ2v) is 6.51. The third-order valence-electron chi connectivity index (χ3n) is 3.58. The lowest BCUT2D eigenvalue weighted by molar-refractivity contribution is 0.899. The zero-order valence-corrected chi connectivity index (χ0v) is 15.4. The third-order valence-corrected chi connectivity index (χ3v) is 3.73. The Balaban J connectivity index is 3.93. The molecule has 0 unspecified atom stereocenters. The molecule has 0 saturated carbocycles. The van der Waals surface area contributed by atoms with Crippen LogP contribution in [0, 0.1) is 0 Å². The van der Waals surface area contributed by atoms with E-state index < -0.39 is 0 Å². The van der Waals surface area contributed by atoms with Gasteiger partial charge in [-0.2, -0.15) is 0 Å². The SMILES string of the molecule is CC(C)=CCC/C(C)=C/CC/C(C)=C/CCC(C)=CCCl. The molecular weight excluding hydrogens is 276 g/mol. The summed E-state index contributed by atoms with van der Waals surface area (Å²) in [6, 6.07) is 0. The predicted octanol–water partition coefficient (Wildman–Crippen LogP) is 7.37. The summed E-state index contributed by atoms with van der Waals surface area (Å²) < 4.78 is 0. The van der Waals surface area contributed by atoms with Gasteiger partial charge in [-0.25, -0.2) is 0 Å². The van der Waals surface area contributed by atoms with Crippen LogP contribution in [0.25, 0.3) is 0 Å². The van der Waals surface area contributed by atoms with Gasteiger partial charge >= 0.3 is 0 Å². The molecule has 0 saturated heterocycles. The zero-order valence-electron chi connectivity index (χ0n) is 14.6. The van der Waals surface area contributed by atoms with E-state index in [0.717, 1.165) is 12.8 Å². The maximum Gasteiger partial charge on any atom is 0.0406 e. The standard InChI is InChI=1S/C20H33Cl/c1-17(2)9-6-10-18(3)11-7-12-19(4)13-8-14-20(5)15-16-21/h9,11,13,15H,6-8,10,12,14,16H2,1-5H3/b18-11+,19-13+,20-15?. The van der Waals surface area contributed by atoms with E-state index in [-0.39, 0.29) is 0 Å². The van der Waals surface area contributed by atoms with Crippen molar-refractivity contribution < 1.29 is 0 Å². The Labute approximate surface area is 137 Å². The topological polar surface area (TPSA) is 0 Å². The summed E-state index contributed by atoms with van der Waals surface area (Å²) in [5.74, 6) is 0.630. The number of hydrogen-bond donors (Lipinski definition) is 0. The quantitative estimate of drug-likeness (QED) is 0.292. The first-order valence-corrected chi connectivity index (χ1v) is 8.65. The van der Waals surface area contributed by atoms with Gasteiger partial charge in [0, 0.05) is 5.88 Å². The van der Waals surface area contributed by atoms with E-state index >= 15 is 0 Å². The molecule has 0 radical (unpaired) electrons. The minimum absolute atomic E-state index is 0.630. The number of hydrogen-bond acceptors (Lipinski definition) is 0. The molecule has 21 heavy (non-hydrogen) atoms. The fourth-order valence-corrected chi connectivity index (χ4v) is 2.38. The van der Waals surface area contributed by atoms with Gasteiger partial charge in [0.05, 0.1) is 0 Å². The molecule has 0 atom stereocenters. The van der Waals surface area contributed by atoms with Crippen molar-refractivity contribution in [2.24, 2.45) is 0 Å². The largest absolute Gasteiger partial charge is 0.122 e. The van der Waals surface area contributed by atoms with Crippen molar-refractivity contribution in [1.82, 2.24) is 0 Å². The summed E-state index contributed by atoms with van der Waals surface area (Å²) >= 11 is 5.69. The normalized spacial score (nSPS) is 13.5. The molecule has 0 aromatic rings. The van der Waals surface area contributed by atoms with Crippen molar-refractivity contribution in [1.29, 1.82) is 0 Å². The van der Waals surface area contributed by atoms with Gasteiger partial charge in [-0.3, -0.25) is 0 Å². The number of allylic oxidation sites excluding steroid dienone is 8. The maximum atomic E-state index is 5.69. The van der Waals surface area contributed by atoms with Gasteiger partial charge in [-0.1, -0.05) is 46.6 Å². The minimum atomic E-state index is 0.630. The van der Waals surface area contributed by atoms with Crippen LogP contribution < -0.4 is 0 Å². The van der Waals surface area contributed by atoms with Gasteiger partial charge < -0.3 is 0 Å². The molecule has 0 aromatic carbocycles. The summed E-state index contributed by atoms with van der Waals surface area (Å²) in [7, 11) is 0. The number of rotatable bonds is 10. The summed E-state index contributed by atoms with van der Waals surface area (Å²) in [4.78, 5) is 0. The number of alkyl halides is 1. The molecule has 0 aliphatic carbocycles. The second-order valence-electron chi connectivity index (χ2n) is 6.20. The molecule has 0 N–H and O–H groups in total. The molecule has 0 rings (SSSR count). The Morgan fingerprint density at radius 3 is 1.38 bits per heavy atom. The van der Waals surface area contributed by atoms with Crippen LogP contribution in [0.1, 0.15) is 73.1 Å². The summed E-state index contributed by atoms with van der Waals surface area (Å²) in [6.07, 6.45) is 16.2. The fraction of sp³-hybridized carbons (Fsp3) is 0.600. The van der Waals surface area contributed by atoms with E-state index in [1.807, 2.05) is 0 Å². The van der Waals surface area contributed by atoms with Gasteiger partial charge in [0.2, 0.25) is 0 Å². The van der Waals surface area contributed by atoms with Crippen LogP contribution >= 0.6 is 11.6 Å². The first kappa shape index (κ1) is 20.2. The first-order chi connectivity index (χ1) is 9.95. The van der Waals surface area contributed by atoms with Crippen LogP contribution in [0.3, 0.4) is 0 Å². The van der Waals surface area contributed by atoms with E-state index in [2.05, 4.69) is 58.9 Å². The van der Waals surface area contributed by atoms with Gasteiger partial charge in [-0.15, -0.1) is 11.6 Å². The van der Waals surface area contributed by atoms with Crippen molar-refractivity contribution in [3.05, 3.63) is 46.6 Å². The van der Waals surface area contributed by atoms with Crippen molar-refractivity contribution >= 4 is 11.6 Å². The summed E-state index contributed by atoms with van der Waals surface area (Å²) in [6.45, 7) is 11.0. The highest BCUT2D eigenvalue weighted by Crippen LogP contribution is 2.13. The van der Waals surface area contributed by atoms with Crippen LogP contribution in [0.15, 0.2) is 46.6 Å². The van der Waals surface area contributed by atoms with E-state index in [1.165, 1.54) is 48.0 Å². The first-order valence-electron chi connectivity index (χ1n) is 8.12. The van der Waals surface area contributed by atoms with E-state index in [0.29, 0.717) is 5.88 Å². The molecule has 0 bridgehead atoms. The van der Waals surface area contributed by atoms with Gasteiger partial charge in [0.1, 0.15) is 0 Å².